The second-order valence-electron chi connectivity index (χ2n) is 3.74. The van der Waals surface area contributed by atoms with Crippen molar-refractivity contribution in [2.75, 3.05) is 5.75 Å². The monoisotopic (exact) mass is 211 g/mol. The third kappa shape index (κ3) is 3.14. The molecule has 0 unspecified atom stereocenters. The van der Waals surface area contributed by atoms with Gasteiger partial charge in [-0.3, -0.25) is 0 Å². The first kappa shape index (κ1) is 11.2. The Morgan fingerprint density at radius 1 is 1.29 bits per heavy atom. The van der Waals surface area contributed by atoms with E-state index in [9.17, 15) is 8.42 Å². The summed E-state index contributed by atoms with van der Waals surface area (Å²) in [5, 5.41) is 0. The third-order valence-corrected chi connectivity index (χ3v) is 3.77. The van der Waals surface area contributed by atoms with Crippen molar-refractivity contribution in [1.82, 2.24) is 0 Å². The molecule has 0 aliphatic heterocycles. The van der Waals surface area contributed by atoms with Gasteiger partial charge in [0.15, 0.2) is 9.84 Å². The number of hydrogen-bond acceptors (Lipinski definition) is 2. The van der Waals surface area contributed by atoms with Crippen molar-refractivity contribution >= 4 is 9.84 Å². The summed E-state index contributed by atoms with van der Waals surface area (Å²) in [5.41, 5.74) is 0. The SMILES string of the molecule is CC(C)CCS(=O)(=O)c1cc[c]cc1. The Morgan fingerprint density at radius 2 is 1.86 bits per heavy atom. The lowest BCUT2D eigenvalue weighted by atomic mass is 10.2. The highest BCUT2D eigenvalue weighted by atomic mass is 32.2. The van der Waals surface area contributed by atoms with Crippen LogP contribution in [0.25, 0.3) is 0 Å². The molecule has 0 aliphatic carbocycles. The fourth-order valence-corrected chi connectivity index (χ4v) is 2.66. The summed E-state index contributed by atoms with van der Waals surface area (Å²) in [6.45, 7) is 4.04. The van der Waals surface area contributed by atoms with Gasteiger partial charge in [-0.25, -0.2) is 8.42 Å². The molecule has 14 heavy (non-hydrogen) atoms. The van der Waals surface area contributed by atoms with Gasteiger partial charge in [0, 0.05) is 0 Å². The minimum atomic E-state index is -3.08. The van der Waals surface area contributed by atoms with Crippen molar-refractivity contribution in [1.29, 1.82) is 0 Å². The van der Waals surface area contributed by atoms with Crippen molar-refractivity contribution in [2.24, 2.45) is 5.92 Å². The molecule has 0 atom stereocenters. The molecule has 1 radical (unpaired) electrons. The molecule has 0 heterocycles. The van der Waals surface area contributed by atoms with E-state index in [0.717, 1.165) is 0 Å². The second-order valence-corrected chi connectivity index (χ2v) is 5.85. The van der Waals surface area contributed by atoms with Crippen LogP contribution in [0.1, 0.15) is 20.3 Å². The van der Waals surface area contributed by atoms with Gasteiger partial charge in [0.2, 0.25) is 0 Å². The van der Waals surface area contributed by atoms with Gasteiger partial charge in [-0.1, -0.05) is 26.0 Å². The van der Waals surface area contributed by atoms with Crippen LogP contribution in [-0.4, -0.2) is 14.2 Å². The largest absolute Gasteiger partial charge is 0.224 e. The van der Waals surface area contributed by atoms with Crippen molar-refractivity contribution < 1.29 is 8.42 Å². The Labute approximate surface area is 85.9 Å². The van der Waals surface area contributed by atoms with Gasteiger partial charge < -0.3 is 0 Å². The summed E-state index contributed by atoms with van der Waals surface area (Å²) in [4.78, 5) is 0.400. The van der Waals surface area contributed by atoms with Gasteiger partial charge in [-0.15, -0.1) is 0 Å². The molecule has 1 rings (SSSR count). The standard InChI is InChI=1S/C11H15O2S/c1-10(2)8-9-14(12,13)11-6-4-3-5-7-11/h4-7,10H,8-9H2,1-2H3. The highest BCUT2D eigenvalue weighted by molar-refractivity contribution is 7.91. The third-order valence-electron chi connectivity index (χ3n) is 2.01. The minimum absolute atomic E-state index is 0.231. The minimum Gasteiger partial charge on any atom is -0.224 e. The predicted octanol–water partition coefficient (Wildman–Crippen LogP) is 2.31. The van der Waals surface area contributed by atoms with Crippen LogP contribution in [0, 0.1) is 12.0 Å². The molecular weight excluding hydrogens is 196 g/mol. The molecule has 0 spiro atoms. The van der Waals surface area contributed by atoms with Crippen LogP contribution >= 0.6 is 0 Å². The lowest BCUT2D eigenvalue weighted by Gasteiger charge is -2.05. The molecule has 2 nitrogen and oxygen atoms in total. The molecule has 0 bridgehead atoms. The fourth-order valence-electron chi connectivity index (χ4n) is 1.09. The molecule has 0 aromatic heterocycles. The van der Waals surface area contributed by atoms with Crippen LogP contribution in [-0.2, 0) is 9.84 Å². The molecule has 1 aromatic rings. The van der Waals surface area contributed by atoms with E-state index in [2.05, 4.69) is 6.07 Å². The van der Waals surface area contributed by atoms with Crippen LogP contribution in [0.3, 0.4) is 0 Å². The number of benzene rings is 1. The number of hydrogen-bond donors (Lipinski definition) is 0. The average Bonchev–Trinajstić information content (AvgIpc) is 2.16. The molecule has 0 saturated carbocycles. The summed E-state index contributed by atoms with van der Waals surface area (Å²) in [6.07, 6.45) is 0.709. The van der Waals surface area contributed by atoms with Crippen LogP contribution < -0.4 is 0 Å². The lowest BCUT2D eigenvalue weighted by molar-refractivity contribution is 0.573. The van der Waals surface area contributed by atoms with Crippen molar-refractivity contribution in [3.05, 3.63) is 30.3 Å². The zero-order valence-corrected chi connectivity index (χ0v) is 9.34. The van der Waals surface area contributed by atoms with E-state index in [1.807, 2.05) is 13.8 Å². The summed E-state index contributed by atoms with van der Waals surface area (Å²) in [6, 6.07) is 9.25. The van der Waals surface area contributed by atoms with Gasteiger partial charge in [-0.2, -0.15) is 0 Å². The van der Waals surface area contributed by atoms with Crippen molar-refractivity contribution in [3.8, 4) is 0 Å². The Bertz CT molecular complexity index is 366. The fraction of sp³-hybridized carbons (Fsp3) is 0.455. The van der Waals surface area contributed by atoms with Gasteiger partial charge in [-0.05, 0) is 30.5 Å². The molecule has 0 fully saturated rings. The van der Waals surface area contributed by atoms with Gasteiger partial charge in [0.1, 0.15) is 0 Å². The smallest absolute Gasteiger partial charge is 0.178 e. The lowest BCUT2D eigenvalue weighted by Crippen LogP contribution is -2.08. The number of sulfone groups is 1. The maximum atomic E-state index is 11.7. The normalized spacial score (nSPS) is 11.9. The van der Waals surface area contributed by atoms with Crippen molar-refractivity contribution in [3.63, 3.8) is 0 Å². The van der Waals surface area contributed by atoms with Crippen LogP contribution in [0.2, 0.25) is 0 Å². The molecule has 0 N–H and O–H groups in total. The highest BCUT2D eigenvalue weighted by Crippen LogP contribution is 2.13. The summed E-state index contributed by atoms with van der Waals surface area (Å²) in [7, 11) is -3.08. The molecule has 3 heteroatoms. The highest BCUT2D eigenvalue weighted by Gasteiger charge is 2.13. The van der Waals surface area contributed by atoms with E-state index < -0.39 is 9.84 Å². The van der Waals surface area contributed by atoms with Gasteiger partial charge in [0.05, 0.1) is 10.6 Å². The summed E-state index contributed by atoms with van der Waals surface area (Å²) in [5.74, 6) is 0.648. The zero-order chi connectivity index (χ0) is 10.6. The molecular formula is C11H15O2S. The molecule has 77 valence electrons. The van der Waals surface area contributed by atoms with Crippen molar-refractivity contribution in [2.45, 2.75) is 25.2 Å². The Kier molecular flexibility index (Phi) is 3.69. The first-order chi connectivity index (χ1) is 6.52. The van der Waals surface area contributed by atoms with E-state index in [1.165, 1.54) is 0 Å². The molecule has 0 saturated heterocycles. The van der Waals surface area contributed by atoms with E-state index in [1.54, 1.807) is 24.3 Å². The molecule has 1 aromatic carbocycles. The maximum Gasteiger partial charge on any atom is 0.178 e. The van der Waals surface area contributed by atoms with E-state index >= 15 is 0 Å². The van der Waals surface area contributed by atoms with Gasteiger partial charge >= 0.3 is 0 Å². The first-order valence-electron chi connectivity index (χ1n) is 4.71. The number of rotatable bonds is 4. The predicted molar refractivity (Wildman–Crippen MR) is 56.8 cm³/mol. The Balaban J connectivity index is 2.77. The first-order valence-corrected chi connectivity index (χ1v) is 6.36. The van der Waals surface area contributed by atoms with Crippen LogP contribution in [0.4, 0.5) is 0 Å². The Morgan fingerprint density at radius 3 is 2.36 bits per heavy atom. The van der Waals surface area contributed by atoms with Crippen LogP contribution in [0.5, 0.6) is 0 Å². The quantitative estimate of drug-likeness (QED) is 0.766. The zero-order valence-electron chi connectivity index (χ0n) is 8.53. The molecule has 0 amide bonds. The van der Waals surface area contributed by atoms with E-state index in [0.29, 0.717) is 17.2 Å². The second kappa shape index (κ2) is 4.60. The maximum absolute atomic E-state index is 11.7. The summed E-state index contributed by atoms with van der Waals surface area (Å²) < 4.78 is 23.4. The van der Waals surface area contributed by atoms with Crippen LogP contribution in [0.15, 0.2) is 29.2 Å². The van der Waals surface area contributed by atoms with Gasteiger partial charge in [0.25, 0.3) is 0 Å². The molecule has 0 aliphatic rings. The average molecular weight is 211 g/mol. The topological polar surface area (TPSA) is 34.1 Å². The van der Waals surface area contributed by atoms with E-state index in [-0.39, 0.29) is 5.75 Å². The van der Waals surface area contributed by atoms with E-state index in [4.69, 9.17) is 0 Å². The summed E-state index contributed by atoms with van der Waals surface area (Å²) >= 11 is 0. The Hall–Kier alpha value is -0.830.